The van der Waals surface area contributed by atoms with Gasteiger partial charge < -0.3 is 19.9 Å². The Labute approximate surface area is 193 Å². The Bertz CT molecular complexity index is 1030. The fourth-order valence-electron chi connectivity index (χ4n) is 3.32. The summed E-state index contributed by atoms with van der Waals surface area (Å²) in [4.78, 5) is 0. The van der Waals surface area contributed by atoms with Crippen molar-refractivity contribution in [3.8, 4) is 11.5 Å². The van der Waals surface area contributed by atoms with Gasteiger partial charge in [-0.3, -0.25) is 0 Å². The van der Waals surface area contributed by atoms with Gasteiger partial charge in [-0.25, -0.2) is 0 Å². The Hall–Kier alpha value is -2.74. The molecule has 0 spiro atoms. The van der Waals surface area contributed by atoms with Crippen LogP contribution in [0.4, 0.5) is 0 Å². The minimum Gasteiger partial charge on any atom is -0.496 e. The number of β-amino-alcohol motifs (C(OH)–C–C–N with tert-alkyl or cyclic N) is 1. The molecule has 0 saturated carbocycles. The van der Waals surface area contributed by atoms with Crippen molar-refractivity contribution < 1.29 is 14.6 Å². The van der Waals surface area contributed by atoms with Crippen molar-refractivity contribution >= 4 is 23.5 Å². The van der Waals surface area contributed by atoms with Crippen LogP contribution < -0.4 is 14.8 Å². The third-order valence-corrected chi connectivity index (χ3v) is 5.74. The molecule has 32 heavy (non-hydrogen) atoms. The van der Waals surface area contributed by atoms with Gasteiger partial charge in [0, 0.05) is 17.6 Å². The Morgan fingerprint density at radius 1 is 1.06 bits per heavy atom. The van der Waals surface area contributed by atoms with Crippen LogP contribution >= 0.6 is 11.3 Å². The van der Waals surface area contributed by atoms with Crippen molar-refractivity contribution in [1.82, 2.24) is 15.5 Å². The zero-order valence-corrected chi connectivity index (χ0v) is 19.9. The number of hydrogen-bond donors (Lipinski definition) is 2. The molecule has 0 radical (unpaired) electrons. The average Bonchev–Trinajstić information content (AvgIpc) is 3.20. The summed E-state index contributed by atoms with van der Waals surface area (Å²) in [5, 5.41) is 23.8. The van der Waals surface area contributed by atoms with Gasteiger partial charge in [0.1, 0.15) is 34.2 Å². The number of ether oxygens (including phenoxy) is 2. The Balaban J connectivity index is 1.52. The van der Waals surface area contributed by atoms with Crippen LogP contribution in [0.5, 0.6) is 11.5 Å². The highest BCUT2D eigenvalue weighted by Gasteiger charge is 2.21. The molecule has 0 saturated heterocycles. The maximum Gasteiger partial charge on any atom is 0.140 e. The van der Waals surface area contributed by atoms with Gasteiger partial charge in [0.2, 0.25) is 0 Å². The highest BCUT2D eigenvalue weighted by Crippen LogP contribution is 2.23. The number of aliphatic hydroxyl groups is 1. The lowest BCUT2D eigenvalue weighted by Crippen LogP contribution is -2.46. The quantitative estimate of drug-likeness (QED) is 0.449. The summed E-state index contributed by atoms with van der Waals surface area (Å²) >= 11 is 1.54. The lowest BCUT2D eigenvalue weighted by Gasteiger charge is -2.28. The SMILES string of the molecule is COc1ccccc1CC(C)(C)NCC(O)COc1ccccc1C=Cc1nnc(C)s1. The van der Waals surface area contributed by atoms with Gasteiger partial charge in [-0.1, -0.05) is 47.7 Å². The van der Waals surface area contributed by atoms with Gasteiger partial charge in [-0.05, 0) is 57.0 Å². The van der Waals surface area contributed by atoms with Crippen LogP contribution in [-0.2, 0) is 6.42 Å². The first-order valence-electron chi connectivity index (χ1n) is 10.6. The predicted octanol–water partition coefficient (Wildman–Crippen LogP) is 4.38. The van der Waals surface area contributed by atoms with Crippen molar-refractivity contribution in [3.63, 3.8) is 0 Å². The minimum atomic E-state index is -0.644. The second kappa shape index (κ2) is 11.2. The molecule has 0 amide bonds. The molecule has 0 aliphatic carbocycles. The molecule has 6 nitrogen and oxygen atoms in total. The summed E-state index contributed by atoms with van der Waals surface area (Å²) < 4.78 is 11.4. The molecule has 170 valence electrons. The maximum absolute atomic E-state index is 10.5. The number of aryl methyl sites for hydroxylation is 1. The molecule has 1 atom stereocenters. The van der Waals surface area contributed by atoms with E-state index in [0.29, 0.717) is 6.54 Å². The van der Waals surface area contributed by atoms with E-state index >= 15 is 0 Å². The highest BCUT2D eigenvalue weighted by molar-refractivity contribution is 7.12. The summed E-state index contributed by atoms with van der Waals surface area (Å²) in [6.45, 7) is 6.77. The minimum absolute atomic E-state index is 0.195. The third-order valence-electron chi connectivity index (χ3n) is 4.94. The van der Waals surface area contributed by atoms with Crippen LogP contribution in [0.3, 0.4) is 0 Å². The van der Waals surface area contributed by atoms with Crippen LogP contribution in [0.25, 0.3) is 12.2 Å². The summed E-state index contributed by atoms with van der Waals surface area (Å²) in [6, 6.07) is 15.7. The highest BCUT2D eigenvalue weighted by atomic mass is 32.1. The van der Waals surface area contributed by atoms with Crippen LogP contribution in [0.2, 0.25) is 0 Å². The Morgan fingerprint density at radius 3 is 2.50 bits per heavy atom. The zero-order valence-electron chi connectivity index (χ0n) is 19.0. The predicted molar refractivity (Wildman–Crippen MR) is 130 cm³/mol. The molecular formula is C25H31N3O3S. The second-order valence-electron chi connectivity index (χ2n) is 8.25. The summed E-state index contributed by atoms with van der Waals surface area (Å²) in [5.41, 5.74) is 1.84. The molecule has 2 N–H and O–H groups in total. The Kier molecular flexibility index (Phi) is 8.39. The third kappa shape index (κ3) is 7.15. The number of methoxy groups -OCH3 is 1. The first-order chi connectivity index (χ1) is 15.4. The lowest BCUT2D eigenvalue weighted by atomic mass is 9.94. The molecule has 0 aliphatic heterocycles. The van der Waals surface area contributed by atoms with Crippen molar-refractivity contribution in [2.24, 2.45) is 0 Å². The van der Waals surface area contributed by atoms with Crippen LogP contribution in [0.1, 0.15) is 35.0 Å². The lowest BCUT2D eigenvalue weighted by molar-refractivity contribution is 0.0987. The first-order valence-corrected chi connectivity index (χ1v) is 11.4. The van der Waals surface area contributed by atoms with E-state index in [1.807, 2.05) is 61.5 Å². The molecule has 3 aromatic rings. The number of aliphatic hydroxyl groups excluding tert-OH is 1. The van der Waals surface area contributed by atoms with Crippen molar-refractivity contribution in [2.75, 3.05) is 20.3 Å². The number of aromatic nitrogens is 2. The van der Waals surface area contributed by atoms with Gasteiger partial charge >= 0.3 is 0 Å². The van der Waals surface area contributed by atoms with Gasteiger partial charge in [-0.2, -0.15) is 0 Å². The van der Waals surface area contributed by atoms with E-state index in [4.69, 9.17) is 9.47 Å². The zero-order chi connectivity index (χ0) is 23.0. The molecular weight excluding hydrogens is 422 g/mol. The van der Waals surface area contributed by atoms with Crippen molar-refractivity contribution in [1.29, 1.82) is 0 Å². The molecule has 0 bridgehead atoms. The van der Waals surface area contributed by atoms with Crippen LogP contribution in [-0.4, -0.2) is 47.2 Å². The molecule has 7 heteroatoms. The number of rotatable bonds is 11. The molecule has 1 unspecified atom stereocenters. The van der Waals surface area contributed by atoms with E-state index in [9.17, 15) is 5.11 Å². The summed E-state index contributed by atoms with van der Waals surface area (Å²) in [7, 11) is 1.68. The van der Waals surface area contributed by atoms with Gasteiger partial charge in [0.15, 0.2) is 0 Å². The van der Waals surface area contributed by atoms with E-state index in [-0.39, 0.29) is 12.1 Å². The second-order valence-corrected chi connectivity index (χ2v) is 9.46. The molecule has 3 rings (SSSR count). The number of nitrogens with zero attached hydrogens (tertiary/aromatic N) is 2. The smallest absolute Gasteiger partial charge is 0.140 e. The maximum atomic E-state index is 10.5. The van der Waals surface area contributed by atoms with Crippen LogP contribution in [0, 0.1) is 6.92 Å². The van der Waals surface area contributed by atoms with Gasteiger partial charge in [-0.15, -0.1) is 10.2 Å². The van der Waals surface area contributed by atoms with E-state index < -0.39 is 6.10 Å². The van der Waals surface area contributed by atoms with Gasteiger partial charge in [0.25, 0.3) is 0 Å². The number of hydrogen-bond acceptors (Lipinski definition) is 7. The van der Waals surface area contributed by atoms with E-state index in [1.54, 1.807) is 7.11 Å². The largest absolute Gasteiger partial charge is 0.496 e. The monoisotopic (exact) mass is 453 g/mol. The molecule has 0 fully saturated rings. The van der Waals surface area contributed by atoms with Gasteiger partial charge in [0.05, 0.1) is 7.11 Å². The molecule has 1 heterocycles. The number of para-hydroxylation sites is 2. The van der Waals surface area contributed by atoms with E-state index in [2.05, 4.69) is 35.4 Å². The fraction of sp³-hybridized carbons (Fsp3) is 0.360. The molecule has 1 aromatic heterocycles. The first kappa shape index (κ1) is 23.9. The van der Waals surface area contributed by atoms with Crippen LogP contribution in [0.15, 0.2) is 48.5 Å². The average molecular weight is 454 g/mol. The van der Waals surface area contributed by atoms with Crippen molar-refractivity contribution in [3.05, 3.63) is 69.7 Å². The topological polar surface area (TPSA) is 76.5 Å². The van der Waals surface area contributed by atoms with Crippen molar-refractivity contribution in [2.45, 2.75) is 38.8 Å². The number of benzene rings is 2. The van der Waals surface area contributed by atoms with E-state index in [0.717, 1.165) is 39.1 Å². The number of nitrogens with one attached hydrogen (secondary N) is 1. The van der Waals surface area contributed by atoms with E-state index in [1.165, 1.54) is 11.3 Å². The molecule has 0 aliphatic rings. The fourth-order valence-corrected chi connectivity index (χ4v) is 3.92. The molecule has 2 aromatic carbocycles. The standard InChI is InChI=1S/C25H31N3O3S/c1-18-27-28-24(32-18)14-13-19-9-5-8-12-23(19)31-17-21(29)16-26-25(2,3)15-20-10-6-7-11-22(20)30-4/h5-14,21,26,29H,15-17H2,1-4H3. The summed E-state index contributed by atoms with van der Waals surface area (Å²) in [5.74, 6) is 1.59. The summed E-state index contributed by atoms with van der Waals surface area (Å²) in [6.07, 6.45) is 4.01. The normalized spacial score (nSPS) is 12.8. The Morgan fingerprint density at radius 2 is 1.78 bits per heavy atom.